The number of hydrogen-bond donors (Lipinski definition) is 1. The van der Waals surface area contributed by atoms with E-state index in [1.165, 1.54) is 12.1 Å². The van der Waals surface area contributed by atoms with E-state index in [1.54, 1.807) is 35.4 Å². The van der Waals surface area contributed by atoms with Crippen LogP contribution in [-0.2, 0) is 27.2 Å². The fourth-order valence-electron chi connectivity index (χ4n) is 2.77. The van der Waals surface area contributed by atoms with Gasteiger partial charge in [0.05, 0.1) is 17.0 Å². The zero-order valence-corrected chi connectivity index (χ0v) is 13.6. The second-order valence-electron chi connectivity index (χ2n) is 5.81. The van der Waals surface area contributed by atoms with Gasteiger partial charge >= 0.3 is 5.69 Å². The van der Waals surface area contributed by atoms with Crippen LogP contribution in [0.2, 0.25) is 0 Å². The maximum Gasteiger partial charge on any atom is 0.328 e. The smallest absolute Gasteiger partial charge is 0.328 e. The molecule has 3 rings (SSSR count). The number of fused-ring (bicyclic) bond motifs is 1. The van der Waals surface area contributed by atoms with E-state index in [0.717, 1.165) is 22.2 Å². The third-order valence-electron chi connectivity index (χ3n) is 4.18. The zero-order chi connectivity index (χ0) is 17.3. The van der Waals surface area contributed by atoms with Gasteiger partial charge in [0, 0.05) is 27.2 Å². The Morgan fingerprint density at radius 3 is 2.21 bits per heavy atom. The quantitative estimate of drug-likeness (QED) is 0.742. The first-order valence-electron chi connectivity index (χ1n) is 7.62. The molecule has 1 aromatic heterocycles. The number of hydrogen-bond acceptors (Lipinski definition) is 4. The van der Waals surface area contributed by atoms with Crippen LogP contribution in [0, 0.1) is 0 Å². The van der Waals surface area contributed by atoms with Gasteiger partial charge in [-0.05, 0) is 28.8 Å². The minimum absolute atomic E-state index is 0.0388. The van der Waals surface area contributed by atoms with E-state index in [9.17, 15) is 14.7 Å². The lowest BCUT2D eigenvalue weighted by atomic mass is 10.1. The molecule has 0 aliphatic heterocycles. The SMILES string of the molecule is Cn1c(=O)n(C)c2cc(CNCc3ccc(C(=O)[O-])cc3)ccc21. The summed E-state index contributed by atoms with van der Waals surface area (Å²) in [5, 5.41) is 14.0. The summed E-state index contributed by atoms with van der Waals surface area (Å²) in [4.78, 5) is 22.7. The monoisotopic (exact) mass is 324 g/mol. The van der Waals surface area contributed by atoms with Gasteiger partial charge in [0.25, 0.3) is 0 Å². The molecule has 24 heavy (non-hydrogen) atoms. The van der Waals surface area contributed by atoms with Gasteiger partial charge in [-0.1, -0.05) is 30.3 Å². The highest BCUT2D eigenvalue weighted by atomic mass is 16.4. The summed E-state index contributed by atoms with van der Waals surface area (Å²) in [5.41, 5.74) is 4.02. The molecule has 1 heterocycles. The molecule has 6 nitrogen and oxygen atoms in total. The van der Waals surface area contributed by atoms with Gasteiger partial charge in [-0.25, -0.2) is 4.79 Å². The molecule has 3 aromatic rings. The highest BCUT2D eigenvalue weighted by Gasteiger charge is 2.07. The Kier molecular flexibility index (Phi) is 4.22. The number of benzene rings is 2. The first-order chi connectivity index (χ1) is 11.5. The molecule has 1 N–H and O–H groups in total. The fourth-order valence-corrected chi connectivity index (χ4v) is 2.77. The fraction of sp³-hybridized carbons (Fsp3) is 0.222. The number of nitrogens with zero attached hydrogens (tertiary/aromatic N) is 2. The van der Waals surface area contributed by atoms with Crippen molar-refractivity contribution in [3.8, 4) is 0 Å². The zero-order valence-electron chi connectivity index (χ0n) is 13.6. The van der Waals surface area contributed by atoms with E-state index in [-0.39, 0.29) is 11.3 Å². The van der Waals surface area contributed by atoms with Crippen molar-refractivity contribution in [1.82, 2.24) is 14.5 Å². The molecule has 0 saturated carbocycles. The summed E-state index contributed by atoms with van der Waals surface area (Å²) in [6, 6.07) is 12.6. The Labute approximate surface area is 139 Å². The normalized spacial score (nSPS) is 11.1. The lowest BCUT2D eigenvalue weighted by molar-refractivity contribution is -0.255. The Hall–Kier alpha value is -2.86. The molecule has 0 aliphatic rings. The molecule has 2 aromatic carbocycles. The van der Waals surface area contributed by atoms with Gasteiger partial charge in [0.1, 0.15) is 0 Å². The number of nitrogens with one attached hydrogen (secondary N) is 1. The molecular weight excluding hydrogens is 306 g/mol. The van der Waals surface area contributed by atoms with Crippen molar-refractivity contribution in [3.63, 3.8) is 0 Å². The number of carbonyl (C=O) groups excluding carboxylic acids is 1. The van der Waals surface area contributed by atoms with Crippen molar-refractivity contribution in [3.05, 3.63) is 69.6 Å². The van der Waals surface area contributed by atoms with Crippen molar-refractivity contribution < 1.29 is 9.90 Å². The van der Waals surface area contributed by atoms with E-state index < -0.39 is 5.97 Å². The molecule has 0 saturated heterocycles. The van der Waals surface area contributed by atoms with Gasteiger partial charge < -0.3 is 15.2 Å². The van der Waals surface area contributed by atoms with Crippen LogP contribution in [-0.4, -0.2) is 15.1 Å². The Balaban J connectivity index is 1.68. The van der Waals surface area contributed by atoms with Crippen molar-refractivity contribution in [1.29, 1.82) is 0 Å². The van der Waals surface area contributed by atoms with Crippen LogP contribution in [0.15, 0.2) is 47.3 Å². The average Bonchev–Trinajstić information content (AvgIpc) is 2.80. The average molecular weight is 324 g/mol. The summed E-state index contributed by atoms with van der Waals surface area (Å²) < 4.78 is 3.27. The lowest BCUT2D eigenvalue weighted by Gasteiger charge is -2.07. The number of imidazole rings is 1. The molecule has 0 spiro atoms. The van der Waals surface area contributed by atoms with Crippen LogP contribution in [0.1, 0.15) is 21.5 Å². The number of carboxylic acid groups (broad SMARTS) is 1. The number of carboxylic acids is 1. The molecule has 0 bridgehead atoms. The van der Waals surface area contributed by atoms with Crippen molar-refractivity contribution in [2.24, 2.45) is 14.1 Å². The molecule has 124 valence electrons. The summed E-state index contributed by atoms with van der Waals surface area (Å²) in [5.74, 6) is -1.17. The largest absolute Gasteiger partial charge is 0.545 e. The predicted molar refractivity (Wildman–Crippen MR) is 89.5 cm³/mol. The van der Waals surface area contributed by atoms with Gasteiger partial charge in [-0.15, -0.1) is 0 Å². The molecule has 0 fully saturated rings. The summed E-state index contributed by atoms with van der Waals surface area (Å²) in [7, 11) is 3.53. The van der Waals surface area contributed by atoms with Crippen molar-refractivity contribution in [2.45, 2.75) is 13.1 Å². The summed E-state index contributed by atoms with van der Waals surface area (Å²) >= 11 is 0. The van der Waals surface area contributed by atoms with Crippen LogP contribution >= 0.6 is 0 Å². The third kappa shape index (κ3) is 2.96. The van der Waals surface area contributed by atoms with E-state index in [2.05, 4.69) is 5.32 Å². The first kappa shape index (κ1) is 16.0. The van der Waals surface area contributed by atoms with Crippen LogP contribution < -0.4 is 16.1 Å². The summed E-state index contributed by atoms with van der Waals surface area (Å²) in [6.45, 7) is 1.28. The van der Waals surface area contributed by atoms with Crippen LogP contribution in [0.4, 0.5) is 0 Å². The van der Waals surface area contributed by atoms with Crippen molar-refractivity contribution >= 4 is 17.0 Å². The number of aromatic nitrogens is 2. The predicted octanol–water partition coefficient (Wildman–Crippen LogP) is 0.530. The third-order valence-corrected chi connectivity index (χ3v) is 4.18. The molecule has 0 unspecified atom stereocenters. The molecule has 0 radical (unpaired) electrons. The van der Waals surface area contributed by atoms with Crippen LogP contribution in [0.3, 0.4) is 0 Å². The van der Waals surface area contributed by atoms with Crippen LogP contribution in [0.5, 0.6) is 0 Å². The van der Waals surface area contributed by atoms with E-state index in [1.807, 2.05) is 18.2 Å². The van der Waals surface area contributed by atoms with Crippen LogP contribution in [0.25, 0.3) is 11.0 Å². The van der Waals surface area contributed by atoms with Gasteiger partial charge in [-0.2, -0.15) is 0 Å². The van der Waals surface area contributed by atoms with Gasteiger partial charge in [0.15, 0.2) is 0 Å². The van der Waals surface area contributed by atoms with E-state index in [0.29, 0.717) is 13.1 Å². The molecule has 0 aliphatic carbocycles. The maximum atomic E-state index is 11.9. The molecule has 0 atom stereocenters. The second-order valence-corrected chi connectivity index (χ2v) is 5.81. The van der Waals surface area contributed by atoms with E-state index >= 15 is 0 Å². The van der Waals surface area contributed by atoms with Gasteiger partial charge in [-0.3, -0.25) is 9.13 Å². The number of rotatable bonds is 5. The standard InChI is InChI=1S/C18H19N3O3/c1-20-15-8-5-13(9-16(15)21(2)18(20)24)11-19-10-12-3-6-14(7-4-12)17(22)23/h3-9,19H,10-11H2,1-2H3,(H,22,23)/p-1. The van der Waals surface area contributed by atoms with E-state index in [4.69, 9.17) is 0 Å². The lowest BCUT2D eigenvalue weighted by Crippen LogP contribution is -2.22. The topological polar surface area (TPSA) is 79.1 Å². The Bertz CT molecular complexity index is 952. The Morgan fingerprint density at radius 2 is 1.54 bits per heavy atom. The van der Waals surface area contributed by atoms with Gasteiger partial charge in [0.2, 0.25) is 0 Å². The molecular formula is C18H18N3O3-. The van der Waals surface area contributed by atoms with Crippen molar-refractivity contribution in [2.75, 3.05) is 0 Å². The maximum absolute atomic E-state index is 11.9. The summed E-state index contributed by atoms with van der Waals surface area (Å²) in [6.07, 6.45) is 0. The number of carbonyl (C=O) groups is 1. The highest BCUT2D eigenvalue weighted by Crippen LogP contribution is 2.14. The highest BCUT2D eigenvalue weighted by molar-refractivity contribution is 5.85. The minimum Gasteiger partial charge on any atom is -0.545 e. The molecule has 0 amide bonds. The Morgan fingerprint density at radius 1 is 0.958 bits per heavy atom. The second kappa shape index (κ2) is 6.33. The molecule has 6 heteroatoms. The minimum atomic E-state index is -1.17. The first-order valence-corrected chi connectivity index (χ1v) is 7.62. The number of aryl methyl sites for hydroxylation is 2. The number of aromatic carboxylic acids is 1.